The summed E-state index contributed by atoms with van der Waals surface area (Å²) in [5.74, 6) is -0.0900. The molecular weight excluding hydrogens is 388 g/mol. The predicted octanol–water partition coefficient (Wildman–Crippen LogP) is 4.21. The number of carbonyl (C=O) groups is 2. The molecule has 3 atom stereocenters. The molecule has 160 valence electrons. The van der Waals surface area contributed by atoms with Crippen molar-refractivity contribution in [2.45, 2.75) is 32.6 Å². The summed E-state index contributed by atoms with van der Waals surface area (Å²) in [6, 6.07) is 13.5. The third-order valence-electron chi connectivity index (χ3n) is 6.08. The first-order chi connectivity index (χ1) is 14.8. The average Bonchev–Trinajstić information content (AvgIpc) is 2.73. The number of pyridine rings is 1. The van der Waals surface area contributed by atoms with Gasteiger partial charge in [0.05, 0.1) is 5.92 Å². The van der Waals surface area contributed by atoms with E-state index in [1.807, 2.05) is 56.3 Å². The van der Waals surface area contributed by atoms with Crippen LogP contribution in [0.25, 0.3) is 0 Å². The maximum atomic E-state index is 13.4. The topological polar surface area (TPSA) is 74.7 Å². The third-order valence-corrected chi connectivity index (χ3v) is 6.08. The fraction of sp³-hybridized carbons (Fsp3) is 0.360. The number of nitrogens with zero attached hydrogens (tertiary/aromatic N) is 3. The van der Waals surface area contributed by atoms with E-state index in [9.17, 15) is 9.59 Å². The molecule has 31 heavy (non-hydrogen) atoms. The number of amides is 1. The van der Waals surface area contributed by atoms with Gasteiger partial charge < -0.3 is 10.2 Å². The van der Waals surface area contributed by atoms with Gasteiger partial charge in [-0.15, -0.1) is 0 Å². The molecule has 1 aromatic heterocycles. The second-order valence-electron chi connectivity index (χ2n) is 8.69. The summed E-state index contributed by atoms with van der Waals surface area (Å²) in [5.41, 5.74) is 4.13. The van der Waals surface area contributed by atoms with Crippen molar-refractivity contribution >= 4 is 28.9 Å². The van der Waals surface area contributed by atoms with Gasteiger partial charge in [0.25, 0.3) is 5.91 Å². The van der Waals surface area contributed by atoms with Crippen LogP contribution in [-0.4, -0.2) is 36.5 Å². The van der Waals surface area contributed by atoms with Gasteiger partial charge in [0.1, 0.15) is 11.6 Å². The highest BCUT2D eigenvalue weighted by molar-refractivity contribution is 6.14. The molecular formula is C25H28N4O2. The number of benzene rings is 1. The first kappa shape index (κ1) is 21.0. The number of ketones is 1. The number of aliphatic imine (C=N–C) groups is 1. The van der Waals surface area contributed by atoms with E-state index in [-0.39, 0.29) is 23.5 Å². The van der Waals surface area contributed by atoms with Gasteiger partial charge in [-0.25, -0.2) is 4.98 Å². The zero-order valence-corrected chi connectivity index (χ0v) is 18.4. The van der Waals surface area contributed by atoms with Gasteiger partial charge in [-0.2, -0.15) is 0 Å². The van der Waals surface area contributed by atoms with Gasteiger partial charge in [-0.3, -0.25) is 14.6 Å². The molecule has 1 aromatic carbocycles. The van der Waals surface area contributed by atoms with E-state index >= 15 is 0 Å². The fourth-order valence-electron chi connectivity index (χ4n) is 4.64. The van der Waals surface area contributed by atoms with Crippen molar-refractivity contribution in [2.75, 3.05) is 24.3 Å². The van der Waals surface area contributed by atoms with E-state index in [4.69, 9.17) is 4.99 Å². The number of nitrogens with one attached hydrogen (secondary N) is 1. The van der Waals surface area contributed by atoms with E-state index in [1.165, 1.54) is 0 Å². The second-order valence-corrected chi connectivity index (χ2v) is 8.69. The third kappa shape index (κ3) is 4.15. The van der Waals surface area contributed by atoms with E-state index in [0.717, 1.165) is 23.4 Å². The highest BCUT2D eigenvalue weighted by atomic mass is 16.2. The van der Waals surface area contributed by atoms with Crippen LogP contribution < -0.4 is 10.2 Å². The number of rotatable bonds is 4. The van der Waals surface area contributed by atoms with Gasteiger partial charge in [0, 0.05) is 55.3 Å². The standard InChI is InChI=1S/C25H28N4O2/c1-15-13-19-24(20(30)14-15)23(17-8-10-18(11-9-17)29(3)4)22(16(2)27-19)25(31)28-21-7-5-6-12-26-21/h5-12,15,23-24H,13-14H2,1-4H3,(H,26,28,31)/t15-,23+,24?/m1/s1. The van der Waals surface area contributed by atoms with Crippen LogP contribution >= 0.6 is 0 Å². The largest absolute Gasteiger partial charge is 0.378 e. The SMILES string of the molecule is CC1=C(C(=O)Nc2ccccn2)[C@H](c2ccc(N(C)C)cc2)C2C(=O)C[C@H](C)CC2=N1. The zero-order valence-electron chi connectivity index (χ0n) is 18.4. The Balaban J connectivity index is 1.79. The molecule has 1 aliphatic carbocycles. The molecule has 0 radical (unpaired) electrons. The van der Waals surface area contributed by atoms with Crippen LogP contribution in [0.2, 0.25) is 0 Å². The smallest absolute Gasteiger partial charge is 0.255 e. The van der Waals surface area contributed by atoms with E-state index in [1.54, 1.807) is 18.3 Å². The molecule has 2 heterocycles. The summed E-state index contributed by atoms with van der Waals surface area (Å²) in [7, 11) is 3.98. The minimum atomic E-state index is -0.394. The molecule has 1 N–H and O–H groups in total. The van der Waals surface area contributed by atoms with Crippen LogP contribution in [0.3, 0.4) is 0 Å². The fourth-order valence-corrected chi connectivity index (χ4v) is 4.64. The van der Waals surface area contributed by atoms with Gasteiger partial charge in [0.2, 0.25) is 0 Å². The first-order valence-corrected chi connectivity index (χ1v) is 10.7. The number of allylic oxidation sites excluding steroid dienone is 1. The second kappa shape index (κ2) is 8.46. The van der Waals surface area contributed by atoms with Crippen molar-refractivity contribution in [1.82, 2.24) is 4.98 Å². The lowest BCUT2D eigenvalue weighted by atomic mass is 9.67. The number of Topliss-reactive ketones (excluding diaryl/α,β-unsaturated/α-hetero) is 1. The number of aromatic nitrogens is 1. The Bertz CT molecular complexity index is 1050. The molecule has 0 spiro atoms. The number of hydrogen-bond donors (Lipinski definition) is 1. The molecule has 1 fully saturated rings. The average molecular weight is 417 g/mol. The highest BCUT2D eigenvalue weighted by Crippen LogP contribution is 2.44. The predicted molar refractivity (Wildman–Crippen MR) is 123 cm³/mol. The van der Waals surface area contributed by atoms with Gasteiger partial charge in [0.15, 0.2) is 0 Å². The molecule has 2 aliphatic rings. The molecule has 1 unspecified atom stereocenters. The minimum Gasteiger partial charge on any atom is -0.378 e. The Hall–Kier alpha value is -3.28. The van der Waals surface area contributed by atoms with E-state index in [0.29, 0.717) is 23.5 Å². The van der Waals surface area contributed by atoms with Gasteiger partial charge in [-0.1, -0.05) is 25.1 Å². The number of anilines is 2. The maximum Gasteiger partial charge on any atom is 0.255 e. The molecule has 1 aliphatic heterocycles. The highest BCUT2D eigenvalue weighted by Gasteiger charge is 2.44. The summed E-state index contributed by atoms with van der Waals surface area (Å²) >= 11 is 0. The quantitative estimate of drug-likeness (QED) is 0.810. The van der Waals surface area contributed by atoms with Crippen molar-refractivity contribution in [2.24, 2.45) is 16.8 Å². The Kier molecular flexibility index (Phi) is 5.72. The Morgan fingerprint density at radius 3 is 2.45 bits per heavy atom. The van der Waals surface area contributed by atoms with Crippen molar-refractivity contribution < 1.29 is 9.59 Å². The molecule has 0 bridgehead atoms. The lowest BCUT2D eigenvalue weighted by Gasteiger charge is -2.37. The molecule has 1 saturated carbocycles. The minimum absolute atomic E-state index is 0.162. The first-order valence-electron chi connectivity index (χ1n) is 10.7. The number of carbonyl (C=O) groups excluding carboxylic acids is 2. The summed E-state index contributed by atoms with van der Waals surface area (Å²) in [5, 5.41) is 2.89. The molecule has 0 saturated heterocycles. The van der Waals surface area contributed by atoms with E-state index < -0.39 is 5.92 Å². The van der Waals surface area contributed by atoms with E-state index in [2.05, 4.69) is 17.2 Å². The number of fused-ring (bicyclic) bond motifs is 1. The lowest BCUT2D eigenvalue weighted by molar-refractivity contribution is -0.123. The Morgan fingerprint density at radius 2 is 1.81 bits per heavy atom. The van der Waals surface area contributed by atoms with Crippen LogP contribution in [0.1, 0.15) is 38.2 Å². The Labute approximate surface area is 183 Å². The van der Waals surface area contributed by atoms with Crippen LogP contribution in [0.15, 0.2) is 64.9 Å². The molecule has 1 amide bonds. The molecule has 2 aromatic rings. The van der Waals surface area contributed by atoms with Crippen LogP contribution in [0, 0.1) is 11.8 Å². The van der Waals surface area contributed by atoms with Crippen molar-refractivity contribution in [3.63, 3.8) is 0 Å². The van der Waals surface area contributed by atoms with Crippen molar-refractivity contribution in [1.29, 1.82) is 0 Å². The van der Waals surface area contributed by atoms with Gasteiger partial charge >= 0.3 is 0 Å². The zero-order chi connectivity index (χ0) is 22.1. The summed E-state index contributed by atoms with van der Waals surface area (Å²) < 4.78 is 0. The normalized spacial score (nSPS) is 23.2. The molecule has 6 heteroatoms. The molecule has 4 rings (SSSR count). The van der Waals surface area contributed by atoms with Crippen LogP contribution in [0.4, 0.5) is 11.5 Å². The van der Waals surface area contributed by atoms with Crippen LogP contribution in [-0.2, 0) is 9.59 Å². The molecule has 6 nitrogen and oxygen atoms in total. The summed E-state index contributed by atoms with van der Waals surface area (Å²) in [6.45, 7) is 3.95. The lowest BCUT2D eigenvalue weighted by Crippen LogP contribution is -2.41. The monoisotopic (exact) mass is 416 g/mol. The maximum absolute atomic E-state index is 13.4. The van der Waals surface area contributed by atoms with Crippen molar-refractivity contribution in [3.05, 3.63) is 65.5 Å². The summed E-state index contributed by atoms with van der Waals surface area (Å²) in [6.07, 6.45) is 2.94. The van der Waals surface area contributed by atoms with Crippen molar-refractivity contribution in [3.8, 4) is 0 Å². The Morgan fingerprint density at radius 1 is 1.06 bits per heavy atom. The van der Waals surface area contributed by atoms with Gasteiger partial charge in [-0.05, 0) is 49.1 Å². The van der Waals surface area contributed by atoms with Crippen LogP contribution in [0.5, 0.6) is 0 Å². The number of hydrogen-bond acceptors (Lipinski definition) is 5. The summed E-state index contributed by atoms with van der Waals surface area (Å²) in [4.78, 5) is 37.6.